The maximum absolute atomic E-state index is 11.3. The molecule has 1 aromatic carbocycles. The molecule has 0 aliphatic rings. The zero-order valence-corrected chi connectivity index (χ0v) is 9.48. The van der Waals surface area contributed by atoms with Gasteiger partial charge in [-0.25, -0.2) is 0 Å². The molecular formula is C10H11Cl2NO2. The van der Waals surface area contributed by atoms with E-state index in [2.05, 4.69) is 5.32 Å². The molecule has 0 saturated carbocycles. The number of benzene rings is 1. The second kappa shape index (κ2) is 5.95. The average Bonchev–Trinajstić information content (AvgIpc) is 2.21. The maximum Gasteiger partial charge on any atom is 0.224 e. The molecule has 0 bridgehead atoms. The Hall–Kier alpha value is -0.770. The molecule has 5 heteroatoms. The topological polar surface area (TPSA) is 49.3 Å². The van der Waals surface area contributed by atoms with E-state index in [1.165, 1.54) is 0 Å². The summed E-state index contributed by atoms with van der Waals surface area (Å²) in [5, 5.41) is 12.0. The highest BCUT2D eigenvalue weighted by Gasteiger charge is 2.09. The summed E-state index contributed by atoms with van der Waals surface area (Å²) in [6.07, 6.45) is 0.124. The van der Waals surface area contributed by atoms with Crippen molar-refractivity contribution in [2.24, 2.45) is 0 Å². The Kier molecular flexibility index (Phi) is 4.88. The van der Waals surface area contributed by atoms with E-state index in [1.807, 2.05) is 0 Å². The number of hydrogen-bond acceptors (Lipinski definition) is 2. The number of aliphatic hydroxyl groups excluding tert-OH is 1. The van der Waals surface area contributed by atoms with E-state index in [9.17, 15) is 4.79 Å². The van der Waals surface area contributed by atoms with E-state index in [0.717, 1.165) is 0 Å². The van der Waals surface area contributed by atoms with Crippen LogP contribution in [0.15, 0.2) is 18.2 Å². The van der Waals surface area contributed by atoms with Gasteiger partial charge >= 0.3 is 0 Å². The van der Waals surface area contributed by atoms with Crippen LogP contribution >= 0.6 is 23.2 Å². The van der Waals surface area contributed by atoms with Crippen molar-refractivity contribution in [3.63, 3.8) is 0 Å². The quantitative estimate of drug-likeness (QED) is 0.851. The van der Waals surface area contributed by atoms with Gasteiger partial charge in [0.05, 0.1) is 13.0 Å². The SMILES string of the molecule is O=C(Cc1c(Cl)cccc1Cl)NCCO. The van der Waals surface area contributed by atoms with Crippen LogP contribution in [0.4, 0.5) is 0 Å². The number of halogens is 2. The zero-order chi connectivity index (χ0) is 11.3. The van der Waals surface area contributed by atoms with Crippen LogP contribution in [0.2, 0.25) is 10.0 Å². The summed E-state index contributed by atoms with van der Waals surface area (Å²) < 4.78 is 0. The average molecular weight is 248 g/mol. The third-order valence-corrected chi connectivity index (χ3v) is 2.54. The lowest BCUT2D eigenvalue weighted by Crippen LogP contribution is -2.28. The second-order valence-corrected chi connectivity index (χ2v) is 3.76. The Bertz CT molecular complexity index is 335. The Labute approximate surface area is 98.0 Å². The molecule has 0 aliphatic carbocycles. The Balaban J connectivity index is 2.68. The van der Waals surface area contributed by atoms with Crippen LogP contribution in [0, 0.1) is 0 Å². The van der Waals surface area contributed by atoms with Gasteiger partial charge in [0.15, 0.2) is 0 Å². The van der Waals surface area contributed by atoms with E-state index in [4.69, 9.17) is 28.3 Å². The van der Waals surface area contributed by atoms with Crippen LogP contribution in [0.25, 0.3) is 0 Å². The lowest BCUT2D eigenvalue weighted by atomic mass is 10.1. The van der Waals surface area contributed by atoms with Crippen LogP contribution < -0.4 is 5.32 Å². The van der Waals surface area contributed by atoms with Gasteiger partial charge in [0, 0.05) is 16.6 Å². The van der Waals surface area contributed by atoms with Gasteiger partial charge in [-0.3, -0.25) is 4.79 Å². The Morgan fingerprint density at radius 2 is 1.93 bits per heavy atom. The Morgan fingerprint density at radius 1 is 1.33 bits per heavy atom. The van der Waals surface area contributed by atoms with Crippen molar-refractivity contribution < 1.29 is 9.90 Å². The number of carbonyl (C=O) groups is 1. The molecule has 0 fully saturated rings. The molecule has 0 aromatic heterocycles. The van der Waals surface area contributed by atoms with Crippen LogP contribution in [0.1, 0.15) is 5.56 Å². The third-order valence-electron chi connectivity index (χ3n) is 1.83. The first-order chi connectivity index (χ1) is 7.15. The van der Waals surface area contributed by atoms with E-state index in [1.54, 1.807) is 18.2 Å². The summed E-state index contributed by atoms with van der Waals surface area (Å²) in [7, 11) is 0. The van der Waals surface area contributed by atoms with Gasteiger partial charge in [0.1, 0.15) is 0 Å². The highest BCUT2D eigenvalue weighted by Crippen LogP contribution is 2.24. The number of aliphatic hydroxyl groups is 1. The van der Waals surface area contributed by atoms with Crippen LogP contribution in [-0.2, 0) is 11.2 Å². The van der Waals surface area contributed by atoms with Gasteiger partial charge < -0.3 is 10.4 Å². The summed E-state index contributed by atoms with van der Waals surface area (Å²) in [5.41, 5.74) is 0.608. The fourth-order valence-corrected chi connectivity index (χ4v) is 1.65. The van der Waals surface area contributed by atoms with Gasteiger partial charge in [0.2, 0.25) is 5.91 Å². The lowest BCUT2D eigenvalue weighted by Gasteiger charge is -2.06. The predicted molar refractivity (Wildman–Crippen MR) is 60.3 cm³/mol. The number of rotatable bonds is 4. The van der Waals surface area contributed by atoms with Crippen molar-refractivity contribution >= 4 is 29.1 Å². The minimum Gasteiger partial charge on any atom is -0.395 e. The Morgan fingerprint density at radius 3 is 2.47 bits per heavy atom. The van der Waals surface area contributed by atoms with Gasteiger partial charge in [0.25, 0.3) is 0 Å². The smallest absolute Gasteiger partial charge is 0.224 e. The van der Waals surface area contributed by atoms with E-state index >= 15 is 0 Å². The van der Waals surface area contributed by atoms with Crippen molar-refractivity contribution in [3.05, 3.63) is 33.8 Å². The molecule has 0 spiro atoms. The molecule has 0 heterocycles. The number of amides is 1. The summed E-state index contributed by atoms with van der Waals surface area (Å²) in [6, 6.07) is 5.09. The summed E-state index contributed by atoms with van der Waals surface area (Å²) >= 11 is 11.8. The van der Waals surface area contributed by atoms with Gasteiger partial charge in [-0.15, -0.1) is 0 Å². The first kappa shape index (κ1) is 12.3. The van der Waals surface area contributed by atoms with Crippen LogP contribution in [0.5, 0.6) is 0 Å². The first-order valence-electron chi connectivity index (χ1n) is 4.45. The minimum atomic E-state index is -0.209. The van der Waals surface area contributed by atoms with E-state index < -0.39 is 0 Å². The van der Waals surface area contributed by atoms with Crippen molar-refractivity contribution in [2.45, 2.75) is 6.42 Å². The summed E-state index contributed by atoms with van der Waals surface area (Å²) in [6.45, 7) is 0.156. The molecule has 0 saturated heterocycles. The molecule has 1 amide bonds. The number of hydrogen-bond donors (Lipinski definition) is 2. The maximum atomic E-state index is 11.3. The summed E-state index contributed by atoms with van der Waals surface area (Å²) in [5.74, 6) is -0.209. The molecule has 2 N–H and O–H groups in total. The van der Waals surface area contributed by atoms with Gasteiger partial charge in [-0.05, 0) is 17.7 Å². The van der Waals surface area contributed by atoms with Gasteiger partial charge in [-0.1, -0.05) is 29.3 Å². The molecule has 15 heavy (non-hydrogen) atoms. The molecule has 1 aromatic rings. The van der Waals surface area contributed by atoms with Crippen LogP contribution in [-0.4, -0.2) is 24.2 Å². The van der Waals surface area contributed by atoms with Gasteiger partial charge in [-0.2, -0.15) is 0 Å². The minimum absolute atomic E-state index is 0.0814. The molecule has 1 rings (SSSR count). The fourth-order valence-electron chi connectivity index (χ4n) is 1.12. The van der Waals surface area contributed by atoms with Crippen molar-refractivity contribution in [3.8, 4) is 0 Å². The highest BCUT2D eigenvalue weighted by molar-refractivity contribution is 6.36. The zero-order valence-electron chi connectivity index (χ0n) is 7.96. The van der Waals surface area contributed by atoms with Crippen molar-refractivity contribution in [2.75, 3.05) is 13.2 Å². The summed E-state index contributed by atoms with van der Waals surface area (Å²) in [4.78, 5) is 11.3. The molecule has 0 unspecified atom stereocenters. The van der Waals surface area contributed by atoms with Crippen LogP contribution in [0.3, 0.4) is 0 Å². The molecule has 82 valence electrons. The largest absolute Gasteiger partial charge is 0.395 e. The number of carbonyl (C=O) groups excluding carboxylic acids is 1. The monoisotopic (exact) mass is 247 g/mol. The predicted octanol–water partition coefficient (Wildman–Crippen LogP) is 1.64. The lowest BCUT2D eigenvalue weighted by molar-refractivity contribution is -0.120. The number of nitrogens with one attached hydrogen (secondary N) is 1. The first-order valence-corrected chi connectivity index (χ1v) is 5.21. The fraction of sp³-hybridized carbons (Fsp3) is 0.300. The molecule has 0 radical (unpaired) electrons. The molecule has 0 aliphatic heterocycles. The molecule has 3 nitrogen and oxygen atoms in total. The standard InChI is InChI=1S/C10H11Cl2NO2/c11-8-2-1-3-9(12)7(8)6-10(15)13-4-5-14/h1-3,14H,4-6H2,(H,13,15). The normalized spacial score (nSPS) is 10.1. The highest BCUT2D eigenvalue weighted by atomic mass is 35.5. The second-order valence-electron chi connectivity index (χ2n) is 2.95. The van der Waals surface area contributed by atoms with E-state index in [-0.39, 0.29) is 25.5 Å². The van der Waals surface area contributed by atoms with Crippen molar-refractivity contribution in [1.82, 2.24) is 5.32 Å². The molecular weight excluding hydrogens is 237 g/mol. The van der Waals surface area contributed by atoms with Crippen molar-refractivity contribution in [1.29, 1.82) is 0 Å². The third kappa shape index (κ3) is 3.70. The van der Waals surface area contributed by atoms with E-state index in [0.29, 0.717) is 15.6 Å². The molecule has 0 atom stereocenters.